The van der Waals surface area contributed by atoms with Crippen molar-refractivity contribution >= 4 is 5.69 Å². The largest absolute Gasteiger partial charge is 0.497 e. The van der Waals surface area contributed by atoms with Gasteiger partial charge in [-0.05, 0) is 36.4 Å². The molecule has 0 spiro atoms. The van der Waals surface area contributed by atoms with Crippen molar-refractivity contribution in [3.8, 4) is 5.75 Å². The molecular weight excluding hydrogens is 198 g/mol. The Hall–Kier alpha value is -1.96. The molecule has 0 radical (unpaired) electrons. The van der Waals surface area contributed by atoms with Crippen LogP contribution in [0.25, 0.3) is 0 Å². The minimum absolute atomic E-state index is 0.852. The molecule has 16 heavy (non-hydrogen) atoms. The van der Waals surface area contributed by atoms with Crippen LogP contribution in [-0.2, 0) is 0 Å². The minimum Gasteiger partial charge on any atom is -0.497 e. The molecule has 1 aromatic rings. The fourth-order valence-corrected chi connectivity index (χ4v) is 1.39. The van der Waals surface area contributed by atoms with E-state index in [1.165, 1.54) is 0 Å². The van der Waals surface area contributed by atoms with Crippen LogP contribution in [0.5, 0.6) is 5.75 Å². The van der Waals surface area contributed by atoms with Crippen LogP contribution in [0.1, 0.15) is 0 Å². The maximum Gasteiger partial charge on any atom is 0.119 e. The van der Waals surface area contributed by atoms with Crippen LogP contribution >= 0.6 is 0 Å². The summed E-state index contributed by atoms with van der Waals surface area (Å²) in [4.78, 5) is 2.04. The number of hydrogen-bond acceptors (Lipinski definition) is 2. The summed E-state index contributed by atoms with van der Waals surface area (Å²) in [6, 6.07) is 7.86. The molecule has 0 unspecified atom stereocenters. The van der Waals surface area contributed by atoms with E-state index in [9.17, 15) is 0 Å². The van der Waals surface area contributed by atoms with Crippen LogP contribution < -0.4 is 9.64 Å². The first-order valence-corrected chi connectivity index (χ1v) is 5.06. The number of hydrogen-bond donors (Lipinski definition) is 0. The molecule has 2 nitrogen and oxygen atoms in total. The number of allylic oxidation sites excluding steroid dienone is 3. The SMILES string of the molecule is C=C/C=C(\C=C)N(C)c1ccc(OC)cc1. The van der Waals surface area contributed by atoms with Crippen molar-refractivity contribution in [2.45, 2.75) is 0 Å². The summed E-state index contributed by atoms with van der Waals surface area (Å²) < 4.78 is 5.11. The molecule has 84 valence electrons. The molecule has 0 bridgehead atoms. The molecule has 0 heterocycles. The lowest BCUT2D eigenvalue weighted by atomic mass is 10.2. The monoisotopic (exact) mass is 215 g/mol. The van der Waals surface area contributed by atoms with Crippen LogP contribution in [0.2, 0.25) is 0 Å². The van der Waals surface area contributed by atoms with E-state index < -0.39 is 0 Å². The predicted octanol–water partition coefficient (Wildman–Crippen LogP) is 3.39. The zero-order valence-corrected chi connectivity index (χ0v) is 9.81. The van der Waals surface area contributed by atoms with Crippen molar-refractivity contribution in [1.82, 2.24) is 0 Å². The Kier molecular flexibility index (Phi) is 4.40. The highest BCUT2D eigenvalue weighted by atomic mass is 16.5. The maximum absolute atomic E-state index is 5.11. The van der Waals surface area contributed by atoms with Gasteiger partial charge in [0.15, 0.2) is 0 Å². The smallest absolute Gasteiger partial charge is 0.119 e. The summed E-state index contributed by atoms with van der Waals surface area (Å²) in [5, 5.41) is 0. The third-order valence-electron chi connectivity index (χ3n) is 2.34. The Bertz CT molecular complexity index is 390. The standard InChI is InChI=1S/C14H17NO/c1-5-7-12(6-2)15(3)13-8-10-14(16-4)11-9-13/h5-11H,1-2H2,3-4H3/b12-7+. The van der Waals surface area contributed by atoms with Crippen LogP contribution in [-0.4, -0.2) is 14.2 Å². The summed E-state index contributed by atoms with van der Waals surface area (Å²) in [5.41, 5.74) is 2.08. The van der Waals surface area contributed by atoms with Gasteiger partial charge in [0.1, 0.15) is 5.75 Å². The number of anilines is 1. The van der Waals surface area contributed by atoms with Crippen molar-refractivity contribution in [1.29, 1.82) is 0 Å². The Morgan fingerprint density at radius 2 is 1.88 bits per heavy atom. The predicted molar refractivity (Wildman–Crippen MR) is 69.9 cm³/mol. The van der Waals surface area contributed by atoms with Gasteiger partial charge in [-0.3, -0.25) is 0 Å². The molecule has 2 heteroatoms. The number of benzene rings is 1. The topological polar surface area (TPSA) is 12.5 Å². The zero-order chi connectivity index (χ0) is 12.0. The van der Waals surface area contributed by atoms with Gasteiger partial charge in [-0.2, -0.15) is 0 Å². The first kappa shape index (κ1) is 12.1. The van der Waals surface area contributed by atoms with Gasteiger partial charge in [0.05, 0.1) is 7.11 Å². The molecule has 0 N–H and O–H groups in total. The van der Waals surface area contributed by atoms with E-state index in [0.29, 0.717) is 0 Å². The molecule has 0 aliphatic rings. The molecule has 1 aromatic carbocycles. The van der Waals surface area contributed by atoms with E-state index in [2.05, 4.69) is 13.2 Å². The number of ether oxygens (including phenoxy) is 1. The van der Waals surface area contributed by atoms with Gasteiger partial charge >= 0.3 is 0 Å². The van der Waals surface area contributed by atoms with Gasteiger partial charge in [0.2, 0.25) is 0 Å². The third-order valence-corrected chi connectivity index (χ3v) is 2.34. The van der Waals surface area contributed by atoms with Gasteiger partial charge in [0.25, 0.3) is 0 Å². The summed E-state index contributed by atoms with van der Waals surface area (Å²) in [5.74, 6) is 0.852. The molecule has 0 saturated carbocycles. The Morgan fingerprint density at radius 3 is 2.31 bits per heavy atom. The average Bonchev–Trinajstić information content (AvgIpc) is 2.35. The maximum atomic E-state index is 5.11. The molecule has 0 atom stereocenters. The van der Waals surface area contributed by atoms with E-state index in [4.69, 9.17) is 4.74 Å². The summed E-state index contributed by atoms with van der Waals surface area (Å²) in [6.45, 7) is 7.46. The zero-order valence-electron chi connectivity index (χ0n) is 9.81. The van der Waals surface area contributed by atoms with Crippen molar-refractivity contribution in [3.05, 3.63) is 61.3 Å². The number of nitrogens with zero attached hydrogens (tertiary/aromatic N) is 1. The lowest BCUT2D eigenvalue weighted by Gasteiger charge is -2.20. The molecule has 1 rings (SSSR count). The summed E-state index contributed by atoms with van der Waals surface area (Å²) >= 11 is 0. The summed E-state index contributed by atoms with van der Waals surface area (Å²) in [6.07, 6.45) is 5.46. The van der Waals surface area contributed by atoms with Crippen molar-refractivity contribution < 1.29 is 4.74 Å². The number of methoxy groups -OCH3 is 1. The van der Waals surface area contributed by atoms with Crippen LogP contribution in [0.3, 0.4) is 0 Å². The highest BCUT2D eigenvalue weighted by molar-refractivity contribution is 5.55. The molecule has 0 aromatic heterocycles. The molecule has 0 aliphatic carbocycles. The quantitative estimate of drug-likeness (QED) is 0.698. The summed E-state index contributed by atoms with van der Waals surface area (Å²) in [7, 11) is 3.64. The van der Waals surface area contributed by atoms with E-state index >= 15 is 0 Å². The van der Waals surface area contributed by atoms with Gasteiger partial charge in [-0.1, -0.05) is 19.2 Å². The average molecular weight is 215 g/mol. The van der Waals surface area contributed by atoms with E-state index in [1.807, 2.05) is 42.3 Å². The Morgan fingerprint density at radius 1 is 1.25 bits per heavy atom. The van der Waals surface area contributed by atoms with Crippen molar-refractivity contribution in [2.75, 3.05) is 19.1 Å². The number of likely N-dealkylation sites (N-methyl/N-ethyl adjacent to an activating group) is 1. The lowest BCUT2D eigenvalue weighted by Crippen LogP contribution is -2.14. The number of rotatable bonds is 5. The van der Waals surface area contributed by atoms with Gasteiger partial charge in [-0.15, -0.1) is 0 Å². The lowest BCUT2D eigenvalue weighted by molar-refractivity contribution is 0.415. The van der Waals surface area contributed by atoms with Crippen molar-refractivity contribution in [3.63, 3.8) is 0 Å². The van der Waals surface area contributed by atoms with E-state index in [0.717, 1.165) is 17.1 Å². The normalized spacial score (nSPS) is 10.8. The first-order chi connectivity index (χ1) is 7.72. The highest BCUT2D eigenvalue weighted by Crippen LogP contribution is 2.21. The fourth-order valence-electron chi connectivity index (χ4n) is 1.39. The van der Waals surface area contributed by atoms with Crippen molar-refractivity contribution in [2.24, 2.45) is 0 Å². The van der Waals surface area contributed by atoms with E-state index in [1.54, 1.807) is 19.3 Å². The van der Waals surface area contributed by atoms with Crippen LogP contribution in [0.15, 0.2) is 61.3 Å². The molecule has 0 aliphatic heterocycles. The van der Waals surface area contributed by atoms with Gasteiger partial charge in [-0.25, -0.2) is 0 Å². The third kappa shape index (κ3) is 2.76. The van der Waals surface area contributed by atoms with E-state index in [-0.39, 0.29) is 0 Å². The second kappa shape index (κ2) is 5.81. The molecule has 0 amide bonds. The second-order valence-corrected chi connectivity index (χ2v) is 3.29. The van der Waals surface area contributed by atoms with Crippen LogP contribution in [0.4, 0.5) is 5.69 Å². The fraction of sp³-hybridized carbons (Fsp3) is 0.143. The molecule has 0 saturated heterocycles. The molecule has 0 fully saturated rings. The Labute approximate surface area is 97.2 Å². The minimum atomic E-state index is 0.852. The second-order valence-electron chi connectivity index (χ2n) is 3.29. The molecular formula is C14H17NO. The van der Waals surface area contributed by atoms with Gasteiger partial charge in [0, 0.05) is 18.4 Å². The van der Waals surface area contributed by atoms with Crippen LogP contribution in [0, 0.1) is 0 Å². The highest BCUT2D eigenvalue weighted by Gasteiger charge is 2.03. The first-order valence-electron chi connectivity index (χ1n) is 5.06. The van der Waals surface area contributed by atoms with Gasteiger partial charge < -0.3 is 9.64 Å². The Balaban J connectivity index is 2.94.